The molecule has 0 fully saturated rings. The van der Waals surface area contributed by atoms with Gasteiger partial charge in [0, 0.05) is 25.0 Å². The van der Waals surface area contributed by atoms with Gasteiger partial charge in [0.15, 0.2) is 0 Å². The van der Waals surface area contributed by atoms with E-state index in [-0.39, 0.29) is 16.9 Å². The molecule has 0 saturated heterocycles. The Kier molecular flexibility index (Phi) is 7.06. The molecule has 0 atom stereocenters. The SMILES string of the molecule is CN(C(=O)c1ccc2c(c1)c(O)c(C(=O)NCC(=O)O)c(=O)n2C)C(c1ccccc1)c1ccccc1. The van der Waals surface area contributed by atoms with Gasteiger partial charge in [-0.05, 0) is 29.3 Å². The summed E-state index contributed by atoms with van der Waals surface area (Å²) in [7, 11) is 3.11. The molecule has 9 nitrogen and oxygen atoms in total. The van der Waals surface area contributed by atoms with Crippen LogP contribution in [-0.2, 0) is 11.8 Å². The fourth-order valence-electron chi connectivity index (χ4n) is 4.34. The number of rotatable bonds is 7. The molecule has 37 heavy (non-hydrogen) atoms. The van der Waals surface area contributed by atoms with Crippen LogP contribution in [0.25, 0.3) is 10.9 Å². The van der Waals surface area contributed by atoms with Gasteiger partial charge in [0.2, 0.25) is 0 Å². The topological polar surface area (TPSA) is 129 Å². The van der Waals surface area contributed by atoms with Gasteiger partial charge in [-0.3, -0.25) is 19.2 Å². The van der Waals surface area contributed by atoms with Gasteiger partial charge in [0.25, 0.3) is 17.4 Å². The van der Waals surface area contributed by atoms with Crippen molar-refractivity contribution in [2.45, 2.75) is 6.04 Å². The summed E-state index contributed by atoms with van der Waals surface area (Å²) in [5.41, 5.74) is 0.968. The number of aliphatic carboxylic acids is 1. The number of carboxylic acid groups (broad SMARTS) is 1. The standard InChI is InChI=1S/C28H25N3O6/c1-30-21-14-13-19(15-20(21)25(34)23(28(30)37)26(35)29-16-22(32)33)27(36)31(2)24(17-9-5-3-6-10-17)18-11-7-4-8-12-18/h3-15,24,34H,16H2,1-2H3,(H,29,35)(H,32,33). The van der Waals surface area contributed by atoms with Crippen molar-refractivity contribution in [3.63, 3.8) is 0 Å². The Bertz CT molecular complexity index is 1510. The van der Waals surface area contributed by atoms with Gasteiger partial charge in [0.1, 0.15) is 17.9 Å². The normalized spacial score (nSPS) is 10.9. The number of amides is 2. The van der Waals surface area contributed by atoms with E-state index in [4.69, 9.17) is 5.11 Å². The molecular formula is C28H25N3O6. The van der Waals surface area contributed by atoms with Crippen molar-refractivity contribution < 1.29 is 24.6 Å². The maximum absolute atomic E-state index is 13.7. The third-order valence-electron chi connectivity index (χ3n) is 6.18. The van der Waals surface area contributed by atoms with Crippen molar-refractivity contribution in [3.05, 3.63) is 111 Å². The Morgan fingerprint density at radius 2 is 1.51 bits per heavy atom. The molecule has 188 valence electrons. The van der Waals surface area contributed by atoms with E-state index in [1.165, 1.54) is 23.7 Å². The molecule has 3 N–H and O–H groups in total. The second-order valence-corrected chi connectivity index (χ2v) is 8.54. The molecule has 2 amide bonds. The molecule has 0 aliphatic carbocycles. The van der Waals surface area contributed by atoms with Crippen LogP contribution < -0.4 is 10.9 Å². The van der Waals surface area contributed by atoms with Crippen LogP contribution in [0.2, 0.25) is 0 Å². The lowest BCUT2D eigenvalue weighted by molar-refractivity contribution is -0.135. The van der Waals surface area contributed by atoms with Gasteiger partial charge in [-0.25, -0.2) is 0 Å². The summed E-state index contributed by atoms with van der Waals surface area (Å²) in [6.45, 7) is -0.719. The average molecular weight is 500 g/mol. The molecule has 0 spiro atoms. The maximum Gasteiger partial charge on any atom is 0.322 e. The lowest BCUT2D eigenvalue weighted by Gasteiger charge is -2.29. The van der Waals surface area contributed by atoms with Gasteiger partial charge in [0.05, 0.1) is 11.6 Å². The molecule has 0 bridgehead atoms. The molecule has 4 rings (SSSR count). The van der Waals surface area contributed by atoms with Crippen LogP contribution in [0.15, 0.2) is 83.7 Å². The van der Waals surface area contributed by atoms with E-state index in [1.807, 2.05) is 60.7 Å². The number of pyridine rings is 1. The third kappa shape index (κ3) is 4.92. The molecule has 3 aromatic carbocycles. The van der Waals surface area contributed by atoms with Crippen LogP contribution in [-0.4, -0.2) is 51.1 Å². The molecule has 1 aromatic heterocycles. The molecule has 1 heterocycles. The quantitative estimate of drug-likeness (QED) is 0.359. The fourth-order valence-corrected chi connectivity index (χ4v) is 4.34. The summed E-state index contributed by atoms with van der Waals surface area (Å²) in [6, 6.07) is 23.2. The maximum atomic E-state index is 13.7. The van der Waals surface area contributed by atoms with Crippen molar-refractivity contribution >= 4 is 28.7 Å². The zero-order valence-electron chi connectivity index (χ0n) is 20.2. The first-order valence-corrected chi connectivity index (χ1v) is 11.4. The molecule has 0 saturated carbocycles. The molecule has 9 heteroatoms. The first kappa shape index (κ1) is 25.2. The summed E-state index contributed by atoms with van der Waals surface area (Å²) in [5, 5.41) is 21.9. The zero-order chi connectivity index (χ0) is 26.7. The molecular weight excluding hydrogens is 474 g/mol. The number of hydrogen-bond donors (Lipinski definition) is 3. The average Bonchev–Trinajstić information content (AvgIpc) is 2.91. The van der Waals surface area contributed by atoms with Gasteiger partial charge in [-0.1, -0.05) is 60.7 Å². The molecule has 0 aliphatic rings. The highest BCUT2D eigenvalue weighted by Crippen LogP contribution is 2.31. The van der Waals surface area contributed by atoms with Crippen LogP contribution in [0.5, 0.6) is 5.75 Å². The summed E-state index contributed by atoms with van der Waals surface area (Å²) < 4.78 is 1.17. The highest BCUT2D eigenvalue weighted by molar-refractivity contribution is 6.05. The van der Waals surface area contributed by atoms with Crippen molar-refractivity contribution in [2.75, 3.05) is 13.6 Å². The van der Waals surface area contributed by atoms with Crippen molar-refractivity contribution in [1.82, 2.24) is 14.8 Å². The summed E-state index contributed by atoms with van der Waals surface area (Å²) in [5.74, 6) is -3.29. The highest BCUT2D eigenvalue weighted by atomic mass is 16.4. The van der Waals surface area contributed by atoms with Gasteiger partial charge < -0.3 is 25.0 Å². The molecule has 0 unspecified atom stereocenters. The second-order valence-electron chi connectivity index (χ2n) is 8.54. The minimum Gasteiger partial charge on any atom is -0.506 e. The van der Waals surface area contributed by atoms with E-state index < -0.39 is 41.3 Å². The first-order chi connectivity index (χ1) is 17.7. The summed E-state index contributed by atoms with van der Waals surface area (Å²) in [4.78, 5) is 51.3. The number of aromatic hydroxyl groups is 1. The largest absolute Gasteiger partial charge is 0.506 e. The first-order valence-electron chi connectivity index (χ1n) is 11.4. The lowest BCUT2D eigenvalue weighted by atomic mass is 9.96. The Morgan fingerprint density at radius 1 is 0.946 bits per heavy atom. The number of nitrogens with one attached hydrogen (secondary N) is 1. The van der Waals surface area contributed by atoms with E-state index in [1.54, 1.807) is 18.0 Å². The molecule has 0 aliphatic heterocycles. The van der Waals surface area contributed by atoms with E-state index in [0.717, 1.165) is 11.1 Å². The molecule has 4 aromatic rings. The number of hydrogen-bond acceptors (Lipinski definition) is 5. The van der Waals surface area contributed by atoms with Crippen LogP contribution >= 0.6 is 0 Å². The van der Waals surface area contributed by atoms with E-state index in [9.17, 15) is 24.3 Å². The second kappa shape index (κ2) is 10.4. The minimum atomic E-state index is -1.30. The Labute approximate surface area is 212 Å². The van der Waals surface area contributed by atoms with Gasteiger partial charge in [-0.15, -0.1) is 0 Å². The number of aromatic nitrogens is 1. The summed E-state index contributed by atoms with van der Waals surface area (Å²) >= 11 is 0. The predicted molar refractivity (Wildman–Crippen MR) is 138 cm³/mol. The minimum absolute atomic E-state index is 0.109. The van der Waals surface area contributed by atoms with Gasteiger partial charge >= 0.3 is 5.97 Å². The number of aryl methyl sites for hydroxylation is 1. The number of fused-ring (bicyclic) bond motifs is 1. The zero-order valence-corrected chi connectivity index (χ0v) is 20.2. The summed E-state index contributed by atoms with van der Waals surface area (Å²) in [6.07, 6.45) is 0. The van der Waals surface area contributed by atoms with Crippen LogP contribution in [0.1, 0.15) is 37.9 Å². The highest BCUT2D eigenvalue weighted by Gasteiger charge is 2.26. The smallest absolute Gasteiger partial charge is 0.322 e. The Hall–Kier alpha value is -4.92. The predicted octanol–water partition coefficient (Wildman–Crippen LogP) is 2.92. The van der Waals surface area contributed by atoms with Crippen LogP contribution in [0, 0.1) is 0 Å². The van der Waals surface area contributed by atoms with E-state index in [0.29, 0.717) is 5.52 Å². The Morgan fingerprint density at radius 3 is 2.05 bits per heavy atom. The van der Waals surface area contributed by atoms with Crippen LogP contribution in [0.3, 0.4) is 0 Å². The number of carbonyl (C=O) groups excluding carboxylic acids is 2. The van der Waals surface area contributed by atoms with Crippen LogP contribution in [0.4, 0.5) is 0 Å². The van der Waals surface area contributed by atoms with E-state index in [2.05, 4.69) is 5.32 Å². The number of benzene rings is 3. The van der Waals surface area contributed by atoms with Crippen molar-refractivity contribution in [2.24, 2.45) is 7.05 Å². The lowest BCUT2D eigenvalue weighted by Crippen LogP contribution is -2.35. The number of nitrogens with zero attached hydrogens (tertiary/aromatic N) is 2. The van der Waals surface area contributed by atoms with Gasteiger partial charge in [-0.2, -0.15) is 0 Å². The Balaban J connectivity index is 1.78. The number of carboxylic acids is 1. The molecule has 0 radical (unpaired) electrons. The fraction of sp³-hybridized carbons (Fsp3) is 0.143. The number of carbonyl (C=O) groups is 3. The third-order valence-corrected chi connectivity index (χ3v) is 6.18. The van der Waals surface area contributed by atoms with Crippen molar-refractivity contribution in [1.29, 1.82) is 0 Å². The van der Waals surface area contributed by atoms with Crippen molar-refractivity contribution in [3.8, 4) is 5.75 Å². The monoisotopic (exact) mass is 499 g/mol. The van der Waals surface area contributed by atoms with E-state index >= 15 is 0 Å².